The Morgan fingerprint density at radius 1 is 1.19 bits per heavy atom. The Balaban J connectivity index is 1.18. The van der Waals surface area contributed by atoms with Crippen LogP contribution >= 0.6 is 0 Å². The molecular formula is C28H30N6O3. The Morgan fingerprint density at radius 3 is 2.97 bits per heavy atom. The van der Waals surface area contributed by atoms with E-state index in [9.17, 15) is 9.90 Å². The molecule has 0 bridgehead atoms. The van der Waals surface area contributed by atoms with Crippen LogP contribution in [0.25, 0.3) is 10.9 Å². The zero-order valence-corrected chi connectivity index (χ0v) is 20.8. The summed E-state index contributed by atoms with van der Waals surface area (Å²) in [5, 5.41) is 15.1. The van der Waals surface area contributed by atoms with E-state index in [1.807, 2.05) is 36.2 Å². The molecule has 1 aliphatic carbocycles. The van der Waals surface area contributed by atoms with Crippen molar-refractivity contribution in [1.29, 1.82) is 0 Å². The summed E-state index contributed by atoms with van der Waals surface area (Å²) in [5.74, 6) is -0.141. The summed E-state index contributed by atoms with van der Waals surface area (Å²) >= 11 is 0. The lowest BCUT2D eigenvalue weighted by Gasteiger charge is -2.26. The maximum atomic E-state index is 11.8. The van der Waals surface area contributed by atoms with Gasteiger partial charge in [0.25, 0.3) is 0 Å². The van der Waals surface area contributed by atoms with Crippen molar-refractivity contribution >= 4 is 29.4 Å². The molecule has 1 N–H and O–H groups in total. The van der Waals surface area contributed by atoms with Crippen molar-refractivity contribution in [3.63, 3.8) is 0 Å². The number of dihydropyridines is 1. The van der Waals surface area contributed by atoms with Gasteiger partial charge in [-0.3, -0.25) is 24.4 Å². The number of fused-ring (bicyclic) bond motifs is 3. The van der Waals surface area contributed by atoms with E-state index in [4.69, 9.17) is 9.72 Å². The number of benzene rings is 1. The summed E-state index contributed by atoms with van der Waals surface area (Å²) in [4.78, 5) is 27.7. The molecule has 190 valence electrons. The van der Waals surface area contributed by atoms with Crippen molar-refractivity contribution in [3.05, 3.63) is 65.1 Å². The SMILES string of the molecule is CN1C=NC2C=C(C(CC(=O)O)n3ncc4cc(OCCc5ccc6c(n5)CCCC6)ccc43)C=NC21. The van der Waals surface area contributed by atoms with Crippen LogP contribution in [0.1, 0.15) is 42.3 Å². The van der Waals surface area contributed by atoms with E-state index in [2.05, 4.69) is 27.2 Å². The number of aromatic nitrogens is 3. The van der Waals surface area contributed by atoms with Gasteiger partial charge in [0.1, 0.15) is 18.0 Å². The molecule has 2 aliphatic heterocycles. The van der Waals surface area contributed by atoms with Crippen molar-refractivity contribution in [2.45, 2.75) is 56.8 Å². The number of pyridine rings is 1. The molecule has 0 saturated carbocycles. The second kappa shape index (κ2) is 9.80. The molecule has 0 spiro atoms. The number of likely N-dealkylation sites (N-methyl/N-ethyl adjacent to an activating group) is 1. The van der Waals surface area contributed by atoms with Crippen molar-refractivity contribution in [3.8, 4) is 5.75 Å². The first-order valence-electron chi connectivity index (χ1n) is 12.8. The van der Waals surface area contributed by atoms with Crippen LogP contribution in [-0.2, 0) is 24.1 Å². The minimum atomic E-state index is -0.896. The lowest BCUT2D eigenvalue weighted by Crippen LogP contribution is -2.34. The van der Waals surface area contributed by atoms with Gasteiger partial charge in [-0.15, -0.1) is 0 Å². The number of aliphatic carboxylic acids is 1. The smallest absolute Gasteiger partial charge is 0.305 e. The van der Waals surface area contributed by atoms with E-state index in [1.165, 1.54) is 24.1 Å². The number of ether oxygens (including phenoxy) is 1. The minimum absolute atomic E-state index is 0.0696. The van der Waals surface area contributed by atoms with Gasteiger partial charge < -0.3 is 14.7 Å². The molecule has 9 nitrogen and oxygen atoms in total. The molecule has 6 rings (SSSR count). The Morgan fingerprint density at radius 2 is 2.08 bits per heavy atom. The summed E-state index contributed by atoms with van der Waals surface area (Å²) in [5.41, 5.74) is 5.35. The lowest BCUT2D eigenvalue weighted by molar-refractivity contribution is -0.137. The Hall–Kier alpha value is -4.01. The van der Waals surface area contributed by atoms with Crippen molar-refractivity contribution in [1.82, 2.24) is 19.7 Å². The lowest BCUT2D eigenvalue weighted by atomic mass is 9.96. The van der Waals surface area contributed by atoms with Crippen LogP contribution in [0.3, 0.4) is 0 Å². The normalized spacial score (nSPS) is 21.0. The molecule has 3 atom stereocenters. The summed E-state index contributed by atoms with van der Waals surface area (Å²) in [6.45, 7) is 0.536. The quantitative estimate of drug-likeness (QED) is 0.509. The average Bonchev–Trinajstić information content (AvgIpc) is 3.50. The summed E-state index contributed by atoms with van der Waals surface area (Å²) in [6.07, 6.45) is 12.6. The molecule has 37 heavy (non-hydrogen) atoms. The van der Waals surface area contributed by atoms with Gasteiger partial charge in [-0.25, -0.2) is 0 Å². The van der Waals surface area contributed by atoms with E-state index in [0.29, 0.717) is 6.61 Å². The van der Waals surface area contributed by atoms with Gasteiger partial charge in [-0.1, -0.05) is 6.07 Å². The molecular weight excluding hydrogens is 468 g/mol. The predicted molar refractivity (Wildman–Crippen MR) is 142 cm³/mol. The molecule has 2 aromatic heterocycles. The molecule has 0 saturated heterocycles. The maximum Gasteiger partial charge on any atom is 0.305 e. The van der Waals surface area contributed by atoms with Gasteiger partial charge in [0.15, 0.2) is 0 Å². The van der Waals surface area contributed by atoms with Gasteiger partial charge in [-0.05, 0) is 67.2 Å². The first-order chi connectivity index (χ1) is 18.0. The Kier molecular flexibility index (Phi) is 6.20. The van der Waals surface area contributed by atoms with Crippen LogP contribution in [0.4, 0.5) is 0 Å². The molecule has 3 unspecified atom stereocenters. The number of aliphatic imine (C=N–C) groups is 2. The van der Waals surface area contributed by atoms with E-state index < -0.39 is 12.0 Å². The largest absolute Gasteiger partial charge is 0.493 e. The van der Waals surface area contributed by atoms with Gasteiger partial charge >= 0.3 is 5.97 Å². The topological polar surface area (TPSA) is 105 Å². The van der Waals surface area contributed by atoms with Gasteiger partial charge in [0.2, 0.25) is 0 Å². The maximum absolute atomic E-state index is 11.8. The monoisotopic (exact) mass is 498 g/mol. The number of allylic oxidation sites excluding steroid dienone is 1. The van der Waals surface area contributed by atoms with E-state index >= 15 is 0 Å². The molecule has 0 amide bonds. The van der Waals surface area contributed by atoms with Crippen molar-refractivity contribution in [2.24, 2.45) is 9.98 Å². The predicted octanol–water partition coefficient (Wildman–Crippen LogP) is 3.63. The number of hydrogen-bond donors (Lipinski definition) is 1. The molecule has 9 heteroatoms. The van der Waals surface area contributed by atoms with Gasteiger partial charge in [0.05, 0.1) is 37.1 Å². The van der Waals surface area contributed by atoms with Crippen LogP contribution in [0.15, 0.2) is 58.2 Å². The minimum Gasteiger partial charge on any atom is -0.493 e. The van der Waals surface area contributed by atoms with E-state index in [-0.39, 0.29) is 18.6 Å². The number of hydrogen-bond acceptors (Lipinski definition) is 7. The fourth-order valence-corrected chi connectivity index (χ4v) is 5.41. The fourth-order valence-electron chi connectivity index (χ4n) is 5.41. The van der Waals surface area contributed by atoms with Crippen LogP contribution in [0.5, 0.6) is 5.75 Å². The number of carboxylic acid groups (broad SMARTS) is 1. The second-order valence-electron chi connectivity index (χ2n) is 9.92. The standard InChI is InChI=1S/C28H30N6O3/c1-33-17-30-24-13-20(15-29-28(24)33)26(14-27(35)36)34-25-9-8-22(12-19(25)16-31-34)37-11-10-21-7-6-18-4-2-3-5-23(18)32-21/h6-9,12-13,15-17,24,26,28H,2-5,10-11,14H2,1H3,(H,35,36). The summed E-state index contributed by atoms with van der Waals surface area (Å²) in [6, 6.07) is 9.53. The van der Waals surface area contributed by atoms with Crippen molar-refractivity contribution < 1.29 is 14.6 Å². The Bertz CT molecular complexity index is 1420. The number of carbonyl (C=O) groups is 1. The number of aryl methyl sites for hydroxylation is 2. The third-order valence-corrected chi connectivity index (χ3v) is 7.36. The highest BCUT2D eigenvalue weighted by Crippen LogP contribution is 2.31. The van der Waals surface area contributed by atoms with Crippen molar-refractivity contribution in [2.75, 3.05) is 13.7 Å². The number of nitrogens with zero attached hydrogens (tertiary/aromatic N) is 6. The van der Waals surface area contributed by atoms with Crippen LogP contribution in [-0.4, -0.2) is 69.2 Å². The fraction of sp³-hybridized carbons (Fsp3) is 0.393. The van der Waals surface area contributed by atoms with Crippen LogP contribution < -0.4 is 4.74 Å². The zero-order valence-electron chi connectivity index (χ0n) is 20.8. The van der Waals surface area contributed by atoms with Gasteiger partial charge in [0, 0.05) is 36.5 Å². The third kappa shape index (κ3) is 4.73. The molecule has 0 radical (unpaired) electrons. The highest BCUT2D eigenvalue weighted by Gasteiger charge is 2.32. The molecule has 4 heterocycles. The molecule has 1 aromatic carbocycles. The molecule has 3 aliphatic rings. The van der Waals surface area contributed by atoms with Gasteiger partial charge in [-0.2, -0.15) is 5.10 Å². The highest BCUT2D eigenvalue weighted by molar-refractivity contribution is 5.86. The molecule has 0 fully saturated rings. The van der Waals surface area contributed by atoms with E-state index in [0.717, 1.165) is 47.2 Å². The average molecular weight is 499 g/mol. The molecule has 3 aromatic rings. The highest BCUT2D eigenvalue weighted by atomic mass is 16.5. The third-order valence-electron chi connectivity index (χ3n) is 7.36. The van der Waals surface area contributed by atoms with Crippen LogP contribution in [0, 0.1) is 0 Å². The number of carboxylic acids is 1. The van der Waals surface area contributed by atoms with E-state index in [1.54, 1.807) is 23.4 Å². The Labute approximate surface area is 215 Å². The van der Waals surface area contributed by atoms with Crippen LogP contribution in [0.2, 0.25) is 0 Å². The zero-order chi connectivity index (χ0) is 25.4. The summed E-state index contributed by atoms with van der Waals surface area (Å²) < 4.78 is 7.81. The first-order valence-corrected chi connectivity index (χ1v) is 12.8. The first kappa shape index (κ1) is 23.4. The second-order valence-corrected chi connectivity index (χ2v) is 9.92. The number of rotatable bonds is 8. The summed E-state index contributed by atoms with van der Waals surface area (Å²) in [7, 11) is 1.93.